The Morgan fingerprint density at radius 1 is 1.09 bits per heavy atom. The standard InChI is InChI=1S/C15H29F3N4/c1-2-19-14(21-10-8-15(16,17)18)20-9-7-13-22-11-5-3-4-6-12-22/h2-13H2,1H3,(H2,19,20,21). The monoisotopic (exact) mass is 322 g/mol. The van der Waals surface area contributed by atoms with Crippen LogP contribution in [0.3, 0.4) is 0 Å². The van der Waals surface area contributed by atoms with Crippen molar-refractivity contribution in [3.8, 4) is 0 Å². The van der Waals surface area contributed by atoms with Crippen molar-refractivity contribution in [1.29, 1.82) is 0 Å². The first kappa shape index (κ1) is 19.1. The van der Waals surface area contributed by atoms with E-state index in [1.165, 1.54) is 25.7 Å². The number of guanidine groups is 1. The molecule has 1 heterocycles. The first-order valence-corrected chi connectivity index (χ1v) is 8.32. The molecule has 1 aliphatic rings. The highest BCUT2D eigenvalue weighted by Crippen LogP contribution is 2.18. The van der Waals surface area contributed by atoms with Crippen molar-refractivity contribution in [1.82, 2.24) is 15.5 Å². The van der Waals surface area contributed by atoms with Crippen molar-refractivity contribution < 1.29 is 13.2 Å². The van der Waals surface area contributed by atoms with Crippen LogP contribution < -0.4 is 10.6 Å². The second kappa shape index (κ2) is 10.7. The molecule has 7 heteroatoms. The van der Waals surface area contributed by atoms with E-state index in [0.717, 1.165) is 26.1 Å². The predicted octanol–water partition coefficient (Wildman–Crippen LogP) is 2.76. The van der Waals surface area contributed by atoms with E-state index in [2.05, 4.69) is 20.5 Å². The molecule has 0 unspecified atom stereocenters. The van der Waals surface area contributed by atoms with Gasteiger partial charge in [0.15, 0.2) is 5.96 Å². The molecule has 1 fully saturated rings. The van der Waals surface area contributed by atoms with Crippen LogP contribution in [0.5, 0.6) is 0 Å². The van der Waals surface area contributed by atoms with Crippen LogP contribution in [0.2, 0.25) is 0 Å². The SMILES string of the molecule is CCNC(=NCCCN1CCCCCC1)NCCC(F)(F)F. The Kier molecular flexibility index (Phi) is 9.27. The van der Waals surface area contributed by atoms with E-state index < -0.39 is 12.6 Å². The number of hydrogen-bond donors (Lipinski definition) is 2. The summed E-state index contributed by atoms with van der Waals surface area (Å²) in [7, 11) is 0. The molecule has 0 radical (unpaired) electrons. The fraction of sp³-hybridized carbons (Fsp3) is 0.933. The first-order chi connectivity index (χ1) is 10.5. The summed E-state index contributed by atoms with van der Waals surface area (Å²) in [6.45, 7) is 6.38. The number of aliphatic imine (C=N–C) groups is 1. The number of nitrogens with one attached hydrogen (secondary N) is 2. The number of halogens is 3. The van der Waals surface area contributed by atoms with Gasteiger partial charge in [0.05, 0.1) is 6.42 Å². The van der Waals surface area contributed by atoms with E-state index in [1.807, 2.05) is 6.92 Å². The molecule has 1 aliphatic heterocycles. The minimum atomic E-state index is -4.13. The molecule has 0 aromatic rings. The number of hydrogen-bond acceptors (Lipinski definition) is 2. The Hall–Kier alpha value is -0.980. The smallest absolute Gasteiger partial charge is 0.357 e. The average Bonchev–Trinajstić information content (AvgIpc) is 2.71. The molecule has 1 saturated heterocycles. The summed E-state index contributed by atoms with van der Waals surface area (Å²) in [5.41, 5.74) is 0. The molecule has 0 amide bonds. The molecular formula is C15H29F3N4. The predicted molar refractivity (Wildman–Crippen MR) is 84.2 cm³/mol. The van der Waals surface area contributed by atoms with E-state index in [4.69, 9.17) is 0 Å². The number of rotatable bonds is 7. The summed E-state index contributed by atoms with van der Waals surface area (Å²) >= 11 is 0. The quantitative estimate of drug-likeness (QED) is 0.430. The molecule has 0 aromatic carbocycles. The van der Waals surface area contributed by atoms with Gasteiger partial charge in [-0.15, -0.1) is 0 Å². The summed E-state index contributed by atoms with van der Waals surface area (Å²) in [5, 5.41) is 5.71. The van der Waals surface area contributed by atoms with Gasteiger partial charge in [-0.2, -0.15) is 13.2 Å². The van der Waals surface area contributed by atoms with Crippen LogP contribution in [0.25, 0.3) is 0 Å². The molecule has 0 aromatic heterocycles. The minimum Gasteiger partial charge on any atom is -0.357 e. The zero-order valence-electron chi connectivity index (χ0n) is 13.5. The Labute approximate surface area is 131 Å². The molecule has 2 N–H and O–H groups in total. The second-order valence-electron chi connectivity index (χ2n) is 5.66. The summed E-state index contributed by atoms with van der Waals surface area (Å²) in [4.78, 5) is 6.81. The van der Waals surface area contributed by atoms with Gasteiger partial charge in [0, 0.05) is 19.6 Å². The fourth-order valence-electron chi connectivity index (χ4n) is 2.51. The third kappa shape index (κ3) is 9.87. The summed E-state index contributed by atoms with van der Waals surface area (Å²) in [6.07, 6.45) is 1.15. The summed E-state index contributed by atoms with van der Waals surface area (Å²) < 4.78 is 36.4. The maximum Gasteiger partial charge on any atom is 0.390 e. The van der Waals surface area contributed by atoms with Crippen LogP contribution in [-0.4, -0.2) is 56.3 Å². The Balaban J connectivity index is 2.23. The van der Waals surface area contributed by atoms with Crippen molar-refractivity contribution in [2.45, 2.75) is 51.6 Å². The Bertz CT molecular complexity index is 310. The number of alkyl halides is 3. The van der Waals surface area contributed by atoms with Crippen LogP contribution in [0, 0.1) is 0 Å². The molecule has 0 saturated carbocycles. The maximum atomic E-state index is 12.1. The van der Waals surface area contributed by atoms with Crippen LogP contribution >= 0.6 is 0 Å². The van der Waals surface area contributed by atoms with Crippen molar-refractivity contribution in [2.75, 3.05) is 39.3 Å². The van der Waals surface area contributed by atoms with E-state index in [9.17, 15) is 13.2 Å². The fourth-order valence-corrected chi connectivity index (χ4v) is 2.51. The highest BCUT2D eigenvalue weighted by molar-refractivity contribution is 5.79. The van der Waals surface area contributed by atoms with Gasteiger partial charge in [0.25, 0.3) is 0 Å². The van der Waals surface area contributed by atoms with Crippen LogP contribution in [0.15, 0.2) is 4.99 Å². The zero-order valence-corrected chi connectivity index (χ0v) is 13.5. The molecule has 22 heavy (non-hydrogen) atoms. The van der Waals surface area contributed by atoms with Crippen molar-refractivity contribution in [3.63, 3.8) is 0 Å². The average molecular weight is 322 g/mol. The zero-order chi connectivity index (χ0) is 16.3. The summed E-state index contributed by atoms with van der Waals surface area (Å²) in [5.74, 6) is 0.475. The van der Waals surface area contributed by atoms with Crippen LogP contribution in [-0.2, 0) is 0 Å². The van der Waals surface area contributed by atoms with E-state index >= 15 is 0 Å². The van der Waals surface area contributed by atoms with Gasteiger partial charge >= 0.3 is 6.18 Å². The molecule has 0 aliphatic carbocycles. The van der Waals surface area contributed by atoms with Crippen LogP contribution in [0.1, 0.15) is 45.4 Å². The lowest BCUT2D eigenvalue weighted by Crippen LogP contribution is -2.39. The van der Waals surface area contributed by atoms with E-state index in [-0.39, 0.29) is 6.54 Å². The Morgan fingerprint density at radius 3 is 2.36 bits per heavy atom. The van der Waals surface area contributed by atoms with Crippen molar-refractivity contribution in [2.24, 2.45) is 4.99 Å². The van der Waals surface area contributed by atoms with Gasteiger partial charge in [-0.25, -0.2) is 0 Å². The molecule has 0 atom stereocenters. The van der Waals surface area contributed by atoms with Gasteiger partial charge in [-0.1, -0.05) is 12.8 Å². The molecule has 130 valence electrons. The van der Waals surface area contributed by atoms with Crippen LogP contribution in [0.4, 0.5) is 13.2 Å². The molecule has 1 rings (SSSR count). The van der Waals surface area contributed by atoms with Gasteiger partial charge in [0.1, 0.15) is 0 Å². The highest BCUT2D eigenvalue weighted by atomic mass is 19.4. The molecule has 4 nitrogen and oxygen atoms in total. The maximum absolute atomic E-state index is 12.1. The van der Waals surface area contributed by atoms with E-state index in [0.29, 0.717) is 19.0 Å². The van der Waals surface area contributed by atoms with Gasteiger partial charge < -0.3 is 15.5 Å². The van der Waals surface area contributed by atoms with E-state index in [1.54, 1.807) is 0 Å². The lowest BCUT2D eigenvalue weighted by atomic mass is 10.2. The second-order valence-corrected chi connectivity index (χ2v) is 5.66. The lowest BCUT2D eigenvalue weighted by Gasteiger charge is -2.19. The topological polar surface area (TPSA) is 39.7 Å². The summed E-state index contributed by atoms with van der Waals surface area (Å²) in [6, 6.07) is 0. The minimum absolute atomic E-state index is 0.137. The Morgan fingerprint density at radius 2 is 1.77 bits per heavy atom. The molecule has 0 bridgehead atoms. The first-order valence-electron chi connectivity index (χ1n) is 8.32. The number of likely N-dealkylation sites (tertiary alicyclic amines) is 1. The largest absolute Gasteiger partial charge is 0.390 e. The van der Waals surface area contributed by atoms with Gasteiger partial charge in [0.2, 0.25) is 0 Å². The molecular weight excluding hydrogens is 293 g/mol. The van der Waals surface area contributed by atoms with Crippen molar-refractivity contribution >= 4 is 5.96 Å². The third-order valence-corrected chi connectivity index (χ3v) is 3.65. The van der Waals surface area contributed by atoms with Gasteiger partial charge in [-0.3, -0.25) is 4.99 Å². The highest BCUT2D eigenvalue weighted by Gasteiger charge is 2.26. The normalized spacial score (nSPS) is 18.1. The molecule has 0 spiro atoms. The lowest BCUT2D eigenvalue weighted by molar-refractivity contribution is -0.132. The number of nitrogens with zero attached hydrogens (tertiary/aromatic N) is 2. The third-order valence-electron chi connectivity index (χ3n) is 3.65. The van der Waals surface area contributed by atoms with Crippen molar-refractivity contribution in [3.05, 3.63) is 0 Å². The van der Waals surface area contributed by atoms with Gasteiger partial charge in [-0.05, 0) is 45.8 Å².